The Morgan fingerprint density at radius 2 is 1.64 bits per heavy atom. The van der Waals surface area contributed by atoms with E-state index in [0.29, 0.717) is 23.0 Å². The molecule has 0 aliphatic rings. The average molecular weight is 568 g/mol. The fourth-order valence-electron chi connectivity index (χ4n) is 2.98. The Labute approximate surface area is 212 Å². The first-order valence-corrected chi connectivity index (χ1v) is 14.0. The highest BCUT2D eigenvalue weighted by molar-refractivity contribution is 9.10. The van der Waals surface area contributed by atoms with Crippen molar-refractivity contribution in [3.63, 3.8) is 0 Å². The Morgan fingerprint density at radius 3 is 2.27 bits per heavy atom. The molecule has 1 N–H and O–H groups in total. The smallest absolute Gasteiger partial charge is 0.264 e. The number of rotatable bonds is 10. The van der Waals surface area contributed by atoms with Gasteiger partial charge >= 0.3 is 0 Å². The second kappa shape index (κ2) is 11.9. The second-order valence-corrected chi connectivity index (χ2v) is 11.6. The first-order chi connectivity index (χ1) is 15.8. The molecular formula is C24H24BrClN2O3S2. The molecule has 0 unspecified atom stereocenters. The SMILES string of the molecule is Cc1ccc(S(=O)(=O)N(CC(=O)NCCSCc2ccc(Cl)cc2)c2ccc(Br)cc2)cc1. The largest absolute Gasteiger partial charge is 0.354 e. The third-order valence-electron chi connectivity index (χ3n) is 4.76. The quantitative estimate of drug-likeness (QED) is 0.321. The molecule has 0 aliphatic carbocycles. The number of aryl methyl sites for hydroxylation is 1. The summed E-state index contributed by atoms with van der Waals surface area (Å²) in [5.41, 5.74) is 2.53. The van der Waals surface area contributed by atoms with Crippen molar-refractivity contribution in [1.29, 1.82) is 0 Å². The van der Waals surface area contributed by atoms with Crippen LogP contribution in [0.4, 0.5) is 5.69 Å². The molecule has 0 fully saturated rings. The standard InChI is InChI=1S/C24H24BrClN2O3S2/c1-18-2-12-23(13-3-18)33(30,31)28(22-10-6-20(25)7-11-22)16-24(29)27-14-15-32-17-19-4-8-21(26)9-5-19/h2-13H,14-17H2,1H3,(H,27,29). The third kappa shape index (κ3) is 7.50. The van der Waals surface area contributed by atoms with Gasteiger partial charge in [-0.15, -0.1) is 0 Å². The van der Waals surface area contributed by atoms with Crippen molar-refractivity contribution in [3.05, 3.63) is 93.4 Å². The fraction of sp³-hybridized carbons (Fsp3) is 0.208. The van der Waals surface area contributed by atoms with Gasteiger partial charge in [-0.1, -0.05) is 57.4 Å². The summed E-state index contributed by atoms with van der Waals surface area (Å²) in [5.74, 6) is 1.15. The number of amides is 1. The number of nitrogens with zero attached hydrogens (tertiary/aromatic N) is 1. The highest BCUT2D eigenvalue weighted by atomic mass is 79.9. The van der Waals surface area contributed by atoms with Gasteiger partial charge in [0, 0.05) is 27.5 Å². The molecule has 1 amide bonds. The topological polar surface area (TPSA) is 66.5 Å². The molecule has 9 heteroatoms. The number of carbonyl (C=O) groups is 1. The van der Waals surface area contributed by atoms with Crippen molar-refractivity contribution in [2.45, 2.75) is 17.6 Å². The van der Waals surface area contributed by atoms with Crippen LogP contribution in [0, 0.1) is 6.92 Å². The normalized spacial score (nSPS) is 11.2. The minimum Gasteiger partial charge on any atom is -0.354 e. The van der Waals surface area contributed by atoms with Gasteiger partial charge < -0.3 is 5.32 Å². The van der Waals surface area contributed by atoms with Crippen LogP contribution in [0.25, 0.3) is 0 Å². The van der Waals surface area contributed by atoms with E-state index in [1.807, 2.05) is 31.2 Å². The molecular weight excluding hydrogens is 544 g/mol. The summed E-state index contributed by atoms with van der Waals surface area (Å²) in [6.45, 7) is 2.02. The Hall–Kier alpha value is -2.00. The maximum absolute atomic E-state index is 13.3. The van der Waals surface area contributed by atoms with Crippen LogP contribution in [0.1, 0.15) is 11.1 Å². The lowest BCUT2D eigenvalue weighted by Gasteiger charge is -2.24. The van der Waals surface area contributed by atoms with Gasteiger partial charge in [-0.3, -0.25) is 9.10 Å². The fourth-order valence-corrected chi connectivity index (χ4v) is 5.61. The maximum Gasteiger partial charge on any atom is 0.264 e. The van der Waals surface area contributed by atoms with Gasteiger partial charge in [0.15, 0.2) is 0 Å². The minimum atomic E-state index is -3.91. The summed E-state index contributed by atoms with van der Waals surface area (Å²) in [5, 5.41) is 3.53. The van der Waals surface area contributed by atoms with Crippen LogP contribution >= 0.6 is 39.3 Å². The molecule has 33 heavy (non-hydrogen) atoms. The Balaban J connectivity index is 1.63. The molecule has 0 aliphatic heterocycles. The van der Waals surface area contributed by atoms with Crippen LogP contribution in [0.15, 0.2) is 82.2 Å². The summed E-state index contributed by atoms with van der Waals surface area (Å²) in [4.78, 5) is 12.8. The molecule has 0 saturated carbocycles. The molecule has 5 nitrogen and oxygen atoms in total. The maximum atomic E-state index is 13.3. The first-order valence-electron chi connectivity index (χ1n) is 10.2. The monoisotopic (exact) mass is 566 g/mol. The summed E-state index contributed by atoms with van der Waals surface area (Å²) < 4.78 is 28.6. The highest BCUT2D eigenvalue weighted by Crippen LogP contribution is 2.25. The van der Waals surface area contributed by atoms with E-state index >= 15 is 0 Å². The summed E-state index contributed by atoms with van der Waals surface area (Å²) in [6, 6.07) is 21.1. The van der Waals surface area contributed by atoms with E-state index < -0.39 is 10.0 Å². The predicted octanol–water partition coefficient (Wildman–Crippen LogP) is 5.66. The van der Waals surface area contributed by atoms with Gasteiger partial charge in [0.25, 0.3) is 10.0 Å². The molecule has 3 rings (SSSR count). The number of sulfonamides is 1. The van der Waals surface area contributed by atoms with E-state index in [4.69, 9.17) is 11.6 Å². The predicted molar refractivity (Wildman–Crippen MR) is 140 cm³/mol. The van der Waals surface area contributed by atoms with Gasteiger partial charge in [0.2, 0.25) is 5.91 Å². The molecule has 3 aromatic carbocycles. The third-order valence-corrected chi connectivity index (χ3v) is 8.36. The summed E-state index contributed by atoms with van der Waals surface area (Å²) in [7, 11) is -3.91. The van der Waals surface area contributed by atoms with Crippen molar-refractivity contribution in [3.8, 4) is 0 Å². The van der Waals surface area contributed by atoms with Crippen LogP contribution in [-0.2, 0) is 20.6 Å². The number of anilines is 1. The van der Waals surface area contributed by atoms with E-state index in [0.717, 1.165) is 25.7 Å². The molecule has 0 bridgehead atoms. The number of hydrogen-bond donors (Lipinski definition) is 1. The van der Waals surface area contributed by atoms with E-state index in [2.05, 4.69) is 21.2 Å². The number of nitrogens with one attached hydrogen (secondary N) is 1. The molecule has 174 valence electrons. The number of hydrogen-bond acceptors (Lipinski definition) is 4. The minimum absolute atomic E-state index is 0.141. The van der Waals surface area contributed by atoms with Crippen LogP contribution in [-0.4, -0.2) is 33.2 Å². The Kier molecular flexibility index (Phi) is 9.26. The van der Waals surface area contributed by atoms with E-state index in [9.17, 15) is 13.2 Å². The van der Waals surface area contributed by atoms with E-state index in [-0.39, 0.29) is 17.3 Å². The molecule has 3 aromatic rings. The zero-order chi connectivity index (χ0) is 23.8. The van der Waals surface area contributed by atoms with Crippen molar-refractivity contribution >= 4 is 60.9 Å². The Morgan fingerprint density at radius 1 is 1.00 bits per heavy atom. The molecule has 0 spiro atoms. The molecule has 0 radical (unpaired) electrons. The highest BCUT2D eigenvalue weighted by Gasteiger charge is 2.27. The molecule has 0 heterocycles. The van der Waals surface area contributed by atoms with E-state index in [1.165, 1.54) is 0 Å². The van der Waals surface area contributed by atoms with Gasteiger partial charge in [-0.05, 0) is 61.0 Å². The van der Waals surface area contributed by atoms with Crippen LogP contribution in [0.5, 0.6) is 0 Å². The summed E-state index contributed by atoms with van der Waals surface area (Å²) >= 11 is 10.9. The zero-order valence-corrected chi connectivity index (χ0v) is 22.0. The van der Waals surface area contributed by atoms with Gasteiger partial charge in [-0.25, -0.2) is 8.42 Å². The number of benzene rings is 3. The average Bonchev–Trinajstić information content (AvgIpc) is 2.79. The zero-order valence-electron chi connectivity index (χ0n) is 18.0. The molecule has 0 aromatic heterocycles. The van der Waals surface area contributed by atoms with Gasteiger partial charge in [0.1, 0.15) is 6.54 Å². The molecule has 0 atom stereocenters. The van der Waals surface area contributed by atoms with Crippen LogP contribution < -0.4 is 9.62 Å². The number of thioether (sulfide) groups is 1. The van der Waals surface area contributed by atoms with Crippen molar-refractivity contribution in [1.82, 2.24) is 5.32 Å². The lowest BCUT2D eigenvalue weighted by Crippen LogP contribution is -2.41. The van der Waals surface area contributed by atoms with Gasteiger partial charge in [-0.2, -0.15) is 11.8 Å². The van der Waals surface area contributed by atoms with Crippen molar-refractivity contribution in [2.24, 2.45) is 0 Å². The van der Waals surface area contributed by atoms with Crippen molar-refractivity contribution < 1.29 is 13.2 Å². The lowest BCUT2D eigenvalue weighted by atomic mass is 10.2. The lowest BCUT2D eigenvalue weighted by molar-refractivity contribution is -0.119. The van der Waals surface area contributed by atoms with Crippen molar-refractivity contribution in [2.75, 3.05) is 23.1 Å². The first kappa shape index (κ1) is 25.6. The number of halogens is 2. The van der Waals surface area contributed by atoms with Gasteiger partial charge in [0.05, 0.1) is 10.6 Å². The van der Waals surface area contributed by atoms with E-state index in [1.54, 1.807) is 60.3 Å². The van der Waals surface area contributed by atoms with Crippen LogP contribution in [0.3, 0.4) is 0 Å². The second-order valence-electron chi connectivity index (χ2n) is 7.33. The number of carbonyl (C=O) groups excluding carboxylic acids is 1. The van der Waals surface area contributed by atoms with Crippen LogP contribution in [0.2, 0.25) is 5.02 Å². The Bertz CT molecular complexity index is 1170. The molecule has 0 saturated heterocycles. The summed E-state index contributed by atoms with van der Waals surface area (Å²) in [6.07, 6.45) is 0.